The summed E-state index contributed by atoms with van der Waals surface area (Å²) in [6.45, 7) is 0. The average molecular weight is 244 g/mol. The summed E-state index contributed by atoms with van der Waals surface area (Å²) in [7, 11) is 0. The molecule has 0 aromatic rings. The Bertz CT molecular complexity index is 312. The third-order valence-corrected chi connectivity index (χ3v) is 5.65. The van der Waals surface area contributed by atoms with E-state index in [0.29, 0.717) is 0 Å². The van der Waals surface area contributed by atoms with Crippen molar-refractivity contribution in [3.63, 3.8) is 0 Å². The predicted molar refractivity (Wildman–Crippen MR) is 78.4 cm³/mol. The van der Waals surface area contributed by atoms with Gasteiger partial charge >= 0.3 is 0 Å². The van der Waals surface area contributed by atoms with Gasteiger partial charge in [-0.2, -0.15) is 0 Å². The van der Waals surface area contributed by atoms with Crippen molar-refractivity contribution in [2.75, 3.05) is 0 Å². The Morgan fingerprint density at radius 3 is 2.11 bits per heavy atom. The van der Waals surface area contributed by atoms with Crippen LogP contribution in [0.3, 0.4) is 0 Å². The predicted octanol–water partition coefficient (Wildman–Crippen LogP) is 5.51. The van der Waals surface area contributed by atoms with Crippen LogP contribution >= 0.6 is 0 Å². The van der Waals surface area contributed by atoms with E-state index < -0.39 is 0 Å². The van der Waals surface area contributed by atoms with Gasteiger partial charge in [0.15, 0.2) is 0 Å². The molecule has 4 atom stereocenters. The maximum absolute atomic E-state index is 2.55. The highest BCUT2D eigenvalue weighted by atomic mass is 14.5. The standard InChI is InChI=1S/C18H28/c1-3-7-11-15-16(12-8-4-1)18-14-10-6-2-5-9-13-17(15)18/h1,3,7,11,15-18H,2,4-6,8-10,12-14H2/b3-1-,11-7+. The van der Waals surface area contributed by atoms with E-state index in [0.717, 1.165) is 23.7 Å². The number of hydrogen-bond donors (Lipinski definition) is 0. The van der Waals surface area contributed by atoms with E-state index in [1.54, 1.807) is 0 Å². The summed E-state index contributed by atoms with van der Waals surface area (Å²) in [5, 5.41) is 0. The van der Waals surface area contributed by atoms with Crippen LogP contribution < -0.4 is 0 Å². The first-order chi connectivity index (χ1) is 8.97. The highest BCUT2D eigenvalue weighted by molar-refractivity contribution is 5.12. The summed E-state index contributed by atoms with van der Waals surface area (Å²) in [6, 6.07) is 0. The lowest BCUT2D eigenvalue weighted by molar-refractivity contribution is -0.0103. The topological polar surface area (TPSA) is 0 Å². The van der Waals surface area contributed by atoms with Gasteiger partial charge in [-0.3, -0.25) is 0 Å². The van der Waals surface area contributed by atoms with Crippen molar-refractivity contribution in [2.45, 2.75) is 64.2 Å². The highest BCUT2D eigenvalue weighted by Crippen LogP contribution is 2.54. The Labute approximate surface area is 113 Å². The molecule has 0 aromatic heterocycles. The Balaban J connectivity index is 1.70. The molecule has 3 aliphatic carbocycles. The van der Waals surface area contributed by atoms with E-state index in [-0.39, 0.29) is 0 Å². The Morgan fingerprint density at radius 2 is 1.28 bits per heavy atom. The third kappa shape index (κ3) is 2.58. The summed E-state index contributed by atoms with van der Waals surface area (Å²) in [5.74, 6) is 4.08. The molecule has 0 radical (unpaired) electrons. The van der Waals surface area contributed by atoms with Gasteiger partial charge in [-0.25, -0.2) is 0 Å². The molecule has 18 heavy (non-hydrogen) atoms. The largest absolute Gasteiger partial charge is 0.0845 e. The number of fused-ring (bicyclic) bond motifs is 4. The summed E-state index contributed by atoms with van der Waals surface area (Å²) in [6.07, 6.45) is 24.3. The summed E-state index contributed by atoms with van der Waals surface area (Å²) >= 11 is 0. The van der Waals surface area contributed by atoms with Crippen molar-refractivity contribution in [2.24, 2.45) is 23.7 Å². The van der Waals surface area contributed by atoms with Crippen LogP contribution in [0.4, 0.5) is 0 Å². The molecule has 2 saturated carbocycles. The minimum absolute atomic E-state index is 0.927. The van der Waals surface area contributed by atoms with Crippen molar-refractivity contribution < 1.29 is 0 Å². The van der Waals surface area contributed by atoms with Crippen LogP contribution in [0.15, 0.2) is 24.3 Å². The zero-order chi connectivity index (χ0) is 12.2. The van der Waals surface area contributed by atoms with Gasteiger partial charge in [0.25, 0.3) is 0 Å². The van der Waals surface area contributed by atoms with Crippen LogP contribution in [0, 0.1) is 23.7 Å². The zero-order valence-electron chi connectivity index (χ0n) is 11.7. The van der Waals surface area contributed by atoms with Gasteiger partial charge in [-0.05, 0) is 55.8 Å². The molecule has 2 fully saturated rings. The van der Waals surface area contributed by atoms with E-state index in [4.69, 9.17) is 0 Å². The molecule has 0 heterocycles. The Morgan fingerprint density at radius 1 is 0.611 bits per heavy atom. The van der Waals surface area contributed by atoms with Crippen molar-refractivity contribution in [1.82, 2.24) is 0 Å². The van der Waals surface area contributed by atoms with Crippen molar-refractivity contribution in [3.05, 3.63) is 24.3 Å². The lowest BCUT2D eigenvalue weighted by atomic mass is 9.53. The SMILES string of the molecule is C1=C\CCCC2C(/C=C/1)C1CCCCCCCC21. The monoisotopic (exact) mass is 244 g/mol. The molecule has 0 bridgehead atoms. The lowest BCUT2D eigenvalue weighted by Gasteiger charge is -2.52. The molecule has 0 aliphatic heterocycles. The molecule has 0 spiro atoms. The van der Waals surface area contributed by atoms with Gasteiger partial charge in [-0.15, -0.1) is 0 Å². The van der Waals surface area contributed by atoms with Crippen LogP contribution in [0.25, 0.3) is 0 Å². The maximum Gasteiger partial charge on any atom is -0.0168 e. The molecule has 0 heteroatoms. The molecule has 0 aromatic carbocycles. The van der Waals surface area contributed by atoms with E-state index in [9.17, 15) is 0 Å². The second-order valence-corrected chi connectivity index (χ2v) is 6.66. The highest BCUT2D eigenvalue weighted by Gasteiger charge is 2.46. The van der Waals surface area contributed by atoms with Gasteiger partial charge in [-0.1, -0.05) is 56.4 Å². The minimum atomic E-state index is 0.927. The Hall–Kier alpha value is -0.520. The summed E-state index contributed by atoms with van der Waals surface area (Å²) < 4.78 is 0. The lowest BCUT2D eigenvalue weighted by Crippen LogP contribution is -2.45. The molecule has 0 N–H and O–H groups in total. The van der Waals surface area contributed by atoms with Crippen LogP contribution in [-0.4, -0.2) is 0 Å². The molecular weight excluding hydrogens is 216 g/mol. The number of hydrogen-bond acceptors (Lipinski definition) is 0. The van der Waals surface area contributed by atoms with Gasteiger partial charge < -0.3 is 0 Å². The normalized spacial score (nSPS) is 44.4. The first kappa shape index (κ1) is 12.5. The van der Waals surface area contributed by atoms with Gasteiger partial charge in [0.05, 0.1) is 0 Å². The van der Waals surface area contributed by atoms with Crippen molar-refractivity contribution >= 4 is 0 Å². The van der Waals surface area contributed by atoms with Crippen LogP contribution in [-0.2, 0) is 0 Å². The minimum Gasteiger partial charge on any atom is -0.0845 e. The maximum atomic E-state index is 2.55. The molecule has 0 nitrogen and oxygen atoms in total. The average Bonchev–Trinajstić information content (AvgIpc) is 2.53. The van der Waals surface area contributed by atoms with Crippen LogP contribution in [0.2, 0.25) is 0 Å². The van der Waals surface area contributed by atoms with Crippen molar-refractivity contribution in [3.8, 4) is 0 Å². The van der Waals surface area contributed by atoms with Crippen LogP contribution in [0.1, 0.15) is 64.2 Å². The Kier molecular flexibility index (Phi) is 4.23. The van der Waals surface area contributed by atoms with E-state index in [1.807, 2.05) is 0 Å². The van der Waals surface area contributed by atoms with Crippen LogP contribution in [0.5, 0.6) is 0 Å². The van der Waals surface area contributed by atoms with Gasteiger partial charge in [0.1, 0.15) is 0 Å². The third-order valence-electron chi connectivity index (χ3n) is 5.65. The summed E-state index contributed by atoms with van der Waals surface area (Å²) in [5.41, 5.74) is 0. The second kappa shape index (κ2) is 6.08. The smallest absolute Gasteiger partial charge is 0.0168 e. The van der Waals surface area contributed by atoms with E-state index in [1.165, 1.54) is 64.2 Å². The zero-order valence-corrected chi connectivity index (χ0v) is 11.7. The fourth-order valence-corrected chi connectivity index (χ4v) is 4.72. The molecule has 4 unspecified atom stereocenters. The molecule has 3 rings (SSSR count). The first-order valence-corrected chi connectivity index (χ1v) is 8.30. The number of rotatable bonds is 0. The van der Waals surface area contributed by atoms with Crippen molar-refractivity contribution in [1.29, 1.82) is 0 Å². The summed E-state index contributed by atoms with van der Waals surface area (Å²) in [4.78, 5) is 0. The second-order valence-electron chi connectivity index (χ2n) is 6.66. The first-order valence-electron chi connectivity index (χ1n) is 8.30. The van der Waals surface area contributed by atoms with Gasteiger partial charge in [0, 0.05) is 0 Å². The molecule has 100 valence electrons. The van der Waals surface area contributed by atoms with E-state index >= 15 is 0 Å². The number of allylic oxidation sites excluding steroid dienone is 4. The fraction of sp³-hybridized carbons (Fsp3) is 0.778. The fourth-order valence-electron chi connectivity index (χ4n) is 4.72. The molecular formula is C18H28. The molecule has 0 amide bonds. The van der Waals surface area contributed by atoms with E-state index in [2.05, 4.69) is 24.3 Å². The molecule has 3 aliphatic rings. The molecule has 0 saturated heterocycles. The van der Waals surface area contributed by atoms with Gasteiger partial charge in [0.2, 0.25) is 0 Å². The quantitative estimate of drug-likeness (QED) is 0.527.